The number of amides is 1. The number of ether oxygens (including phenoxy) is 2. The van der Waals surface area contributed by atoms with Crippen molar-refractivity contribution in [2.24, 2.45) is 0 Å². The van der Waals surface area contributed by atoms with Crippen LogP contribution in [0.4, 0.5) is 0 Å². The van der Waals surface area contributed by atoms with E-state index in [1.54, 1.807) is 0 Å². The molecule has 1 aliphatic heterocycles. The van der Waals surface area contributed by atoms with Crippen molar-refractivity contribution in [1.29, 1.82) is 0 Å². The predicted octanol–water partition coefficient (Wildman–Crippen LogP) is 2.92. The van der Waals surface area contributed by atoms with Gasteiger partial charge in [-0.2, -0.15) is 4.72 Å². The van der Waals surface area contributed by atoms with E-state index < -0.39 is 22.0 Å². The molecule has 0 radical (unpaired) electrons. The van der Waals surface area contributed by atoms with Gasteiger partial charge < -0.3 is 14.8 Å². The maximum absolute atomic E-state index is 13.0. The minimum Gasteiger partial charge on any atom is -0.492 e. The molecule has 9 heteroatoms. The van der Waals surface area contributed by atoms with Crippen LogP contribution in [0.15, 0.2) is 53.4 Å². The molecular weight excluding hydrogens is 440 g/mol. The number of carbonyl (C=O) groups is 1. The molecule has 0 unspecified atom stereocenters. The second-order valence-electron chi connectivity index (χ2n) is 7.27. The maximum atomic E-state index is 13.0. The van der Waals surface area contributed by atoms with Crippen LogP contribution < -0.4 is 14.8 Å². The van der Waals surface area contributed by atoms with Crippen LogP contribution in [0.2, 0.25) is 5.02 Å². The third-order valence-corrected chi connectivity index (χ3v) is 6.70. The largest absolute Gasteiger partial charge is 0.492 e. The second-order valence-corrected chi connectivity index (χ2v) is 9.39. The number of carbonyl (C=O) groups excluding carboxylic acids is 1. The van der Waals surface area contributed by atoms with Crippen molar-refractivity contribution in [3.05, 3.63) is 59.1 Å². The minimum absolute atomic E-state index is 0.0362. The standard InChI is InChI=1S/C22H27ClN2O5S/c1-2-29-21-11-10-18(14-19(21)23)31(27,28)25-20(13-16-7-4-3-5-8-16)22(26)24-15-17-9-6-12-30-17/h3-5,7-8,10-11,14,17,20,25H,2,6,9,12-13,15H2,1H3,(H,24,26)/t17-,20-/m1/s1. The van der Waals surface area contributed by atoms with Gasteiger partial charge in [-0.1, -0.05) is 41.9 Å². The van der Waals surface area contributed by atoms with Gasteiger partial charge in [0.1, 0.15) is 11.8 Å². The number of benzene rings is 2. The number of halogens is 1. The molecule has 1 saturated heterocycles. The van der Waals surface area contributed by atoms with Crippen molar-refractivity contribution < 1.29 is 22.7 Å². The first kappa shape index (κ1) is 23.5. The van der Waals surface area contributed by atoms with Crippen molar-refractivity contribution in [3.63, 3.8) is 0 Å². The zero-order valence-electron chi connectivity index (χ0n) is 17.3. The van der Waals surface area contributed by atoms with Gasteiger partial charge in [0.15, 0.2) is 0 Å². The highest BCUT2D eigenvalue weighted by Gasteiger charge is 2.27. The lowest BCUT2D eigenvalue weighted by molar-refractivity contribution is -0.123. The number of hydrogen-bond acceptors (Lipinski definition) is 5. The highest BCUT2D eigenvalue weighted by atomic mass is 35.5. The van der Waals surface area contributed by atoms with E-state index in [0.29, 0.717) is 25.5 Å². The van der Waals surface area contributed by atoms with Gasteiger partial charge in [0.25, 0.3) is 0 Å². The normalized spacial score (nSPS) is 17.3. The van der Waals surface area contributed by atoms with Crippen LogP contribution in [0, 0.1) is 0 Å². The number of nitrogens with one attached hydrogen (secondary N) is 2. The SMILES string of the molecule is CCOc1ccc(S(=O)(=O)N[C@H](Cc2ccccc2)C(=O)NC[C@H]2CCCO2)cc1Cl. The van der Waals surface area contributed by atoms with Crippen LogP contribution in [0.3, 0.4) is 0 Å². The molecule has 2 aromatic carbocycles. The zero-order valence-corrected chi connectivity index (χ0v) is 18.9. The highest BCUT2D eigenvalue weighted by molar-refractivity contribution is 7.89. The molecule has 0 spiro atoms. The summed E-state index contributed by atoms with van der Waals surface area (Å²) < 4.78 is 39.4. The summed E-state index contributed by atoms with van der Waals surface area (Å²) in [5.74, 6) is -0.00165. The zero-order chi connectivity index (χ0) is 22.3. The van der Waals surface area contributed by atoms with Gasteiger partial charge in [0, 0.05) is 13.2 Å². The Kier molecular flexibility index (Phi) is 8.31. The van der Waals surface area contributed by atoms with Crippen LogP contribution in [0.1, 0.15) is 25.3 Å². The molecule has 2 atom stereocenters. The van der Waals surface area contributed by atoms with Crippen LogP contribution in [-0.4, -0.2) is 46.2 Å². The average molecular weight is 467 g/mol. The smallest absolute Gasteiger partial charge is 0.241 e. The minimum atomic E-state index is -4.00. The van der Waals surface area contributed by atoms with E-state index in [1.165, 1.54) is 18.2 Å². The van der Waals surface area contributed by atoms with Crippen molar-refractivity contribution in [1.82, 2.24) is 10.0 Å². The summed E-state index contributed by atoms with van der Waals surface area (Å²) in [7, 11) is -4.00. The molecule has 7 nitrogen and oxygen atoms in total. The fraction of sp³-hybridized carbons (Fsp3) is 0.409. The van der Waals surface area contributed by atoms with Gasteiger partial charge in [-0.25, -0.2) is 8.42 Å². The van der Waals surface area contributed by atoms with Gasteiger partial charge in [-0.3, -0.25) is 4.79 Å². The molecule has 2 aromatic rings. The van der Waals surface area contributed by atoms with E-state index in [9.17, 15) is 13.2 Å². The monoisotopic (exact) mass is 466 g/mol. The summed E-state index contributed by atoms with van der Waals surface area (Å²) >= 11 is 6.16. The first-order valence-corrected chi connectivity index (χ1v) is 12.1. The molecule has 0 aromatic heterocycles. The topological polar surface area (TPSA) is 93.7 Å². The fourth-order valence-electron chi connectivity index (χ4n) is 3.36. The van der Waals surface area contributed by atoms with Crippen molar-refractivity contribution in [3.8, 4) is 5.75 Å². The van der Waals surface area contributed by atoms with Gasteiger partial charge in [0.2, 0.25) is 15.9 Å². The van der Waals surface area contributed by atoms with E-state index >= 15 is 0 Å². The Morgan fingerprint density at radius 1 is 1.26 bits per heavy atom. The summed E-state index contributed by atoms with van der Waals surface area (Å²) in [5.41, 5.74) is 0.840. The summed E-state index contributed by atoms with van der Waals surface area (Å²) in [4.78, 5) is 12.8. The van der Waals surface area contributed by atoms with Crippen LogP contribution in [-0.2, 0) is 26.0 Å². The molecule has 3 rings (SSSR count). The lowest BCUT2D eigenvalue weighted by atomic mass is 10.1. The quantitative estimate of drug-likeness (QED) is 0.561. The van der Waals surface area contributed by atoms with E-state index in [4.69, 9.17) is 21.1 Å². The number of hydrogen-bond donors (Lipinski definition) is 2. The maximum Gasteiger partial charge on any atom is 0.241 e. The molecule has 1 aliphatic rings. The first-order valence-electron chi connectivity index (χ1n) is 10.3. The molecule has 0 bridgehead atoms. The summed E-state index contributed by atoms with van der Waals surface area (Å²) in [5, 5.41) is 3.01. The Hall–Kier alpha value is -2.13. The first-order chi connectivity index (χ1) is 14.9. The van der Waals surface area contributed by atoms with E-state index in [2.05, 4.69) is 10.0 Å². The van der Waals surface area contributed by atoms with E-state index in [0.717, 1.165) is 18.4 Å². The highest BCUT2D eigenvalue weighted by Crippen LogP contribution is 2.27. The third-order valence-electron chi connectivity index (χ3n) is 4.94. The molecule has 2 N–H and O–H groups in total. The van der Waals surface area contributed by atoms with Gasteiger partial charge in [-0.15, -0.1) is 0 Å². The molecule has 0 saturated carbocycles. The fourth-order valence-corrected chi connectivity index (χ4v) is 4.88. The molecule has 168 valence electrons. The molecule has 1 amide bonds. The predicted molar refractivity (Wildman–Crippen MR) is 119 cm³/mol. The van der Waals surface area contributed by atoms with Gasteiger partial charge in [-0.05, 0) is 49.9 Å². The van der Waals surface area contributed by atoms with Crippen LogP contribution in [0.5, 0.6) is 5.75 Å². The lowest BCUT2D eigenvalue weighted by Gasteiger charge is -2.20. The van der Waals surface area contributed by atoms with Crippen molar-refractivity contribution in [2.45, 2.75) is 43.2 Å². The van der Waals surface area contributed by atoms with E-state index in [-0.39, 0.29) is 22.4 Å². The molecule has 0 aliphatic carbocycles. The van der Waals surface area contributed by atoms with Gasteiger partial charge >= 0.3 is 0 Å². The Morgan fingerprint density at radius 3 is 2.68 bits per heavy atom. The summed E-state index contributed by atoms with van der Waals surface area (Å²) in [6.07, 6.45) is 2.00. The van der Waals surface area contributed by atoms with Crippen molar-refractivity contribution >= 4 is 27.5 Å². The van der Waals surface area contributed by atoms with Crippen molar-refractivity contribution in [2.75, 3.05) is 19.8 Å². The summed E-state index contributed by atoms with van der Waals surface area (Å²) in [6, 6.07) is 12.5. The summed E-state index contributed by atoms with van der Waals surface area (Å²) in [6.45, 7) is 3.25. The van der Waals surface area contributed by atoms with E-state index in [1.807, 2.05) is 37.3 Å². The lowest BCUT2D eigenvalue weighted by Crippen LogP contribution is -2.49. The van der Waals surface area contributed by atoms with Crippen LogP contribution >= 0.6 is 11.6 Å². The Labute approximate surface area is 188 Å². The molecule has 1 fully saturated rings. The molecule has 31 heavy (non-hydrogen) atoms. The molecular formula is C22H27ClN2O5S. The number of sulfonamides is 1. The second kappa shape index (κ2) is 10.9. The average Bonchev–Trinajstić information content (AvgIpc) is 3.27. The Balaban J connectivity index is 1.77. The molecule has 1 heterocycles. The number of rotatable bonds is 10. The Bertz CT molecular complexity index is 979. The third kappa shape index (κ3) is 6.67. The van der Waals surface area contributed by atoms with Crippen LogP contribution in [0.25, 0.3) is 0 Å². The Morgan fingerprint density at radius 2 is 2.03 bits per heavy atom. The van der Waals surface area contributed by atoms with Gasteiger partial charge in [0.05, 0.1) is 22.6 Å².